The van der Waals surface area contributed by atoms with Crippen LogP contribution in [0.2, 0.25) is 0 Å². The highest BCUT2D eigenvalue weighted by Crippen LogP contribution is 2.53. The first-order valence-corrected chi connectivity index (χ1v) is 12.4. The monoisotopic (exact) mass is 500 g/mol. The van der Waals surface area contributed by atoms with E-state index < -0.39 is 0 Å². The van der Waals surface area contributed by atoms with Crippen molar-refractivity contribution in [1.82, 2.24) is 0 Å². The van der Waals surface area contributed by atoms with Gasteiger partial charge in [-0.15, -0.1) is 0 Å². The molecule has 0 amide bonds. The molecule has 0 saturated heterocycles. The molecule has 6 rings (SSSR count). The molecule has 2 heteroatoms. The zero-order valence-electron chi connectivity index (χ0n) is 17.5. The molecule has 1 fully saturated rings. The van der Waals surface area contributed by atoms with Crippen molar-refractivity contribution in [1.29, 1.82) is 0 Å². The summed E-state index contributed by atoms with van der Waals surface area (Å²) in [5, 5.41) is 0. The zero-order chi connectivity index (χ0) is 19.8. The van der Waals surface area contributed by atoms with Crippen LogP contribution >= 0.6 is 31.9 Å². The van der Waals surface area contributed by atoms with Crippen molar-refractivity contribution >= 4 is 31.9 Å². The summed E-state index contributed by atoms with van der Waals surface area (Å²) in [6, 6.07) is 9.88. The Morgan fingerprint density at radius 3 is 1.64 bits per heavy atom. The molecule has 0 aliphatic heterocycles. The Balaban J connectivity index is 1.70. The summed E-state index contributed by atoms with van der Waals surface area (Å²) in [7, 11) is 0. The minimum Gasteiger partial charge on any atom is -0.0558 e. The Labute approximate surface area is 186 Å². The van der Waals surface area contributed by atoms with Gasteiger partial charge in [-0.2, -0.15) is 0 Å². The molecular weight excluding hydrogens is 472 g/mol. The van der Waals surface area contributed by atoms with E-state index in [4.69, 9.17) is 0 Å². The molecule has 28 heavy (non-hydrogen) atoms. The maximum atomic E-state index is 3.95. The molecule has 0 heterocycles. The van der Waals surface area contributed by atoms with Gasteiger partial charge in [-0.3, -0.25) is 0 Å². The number of hydrogen-bond acceptors (Lipinski definition) is 0. The first-order chi connectivity index (χ1) is 13.2. The fourth-order valence-corrected chi connectivity index (χ4v) is 7.16. The summed E-state index contributed by atoms with van der Waals surface area (Å²) in [5.41, 5.74) is 9.50. The highest BCUT2D eigenvalue weighted by molar-refractivity contribution is 9.11. The van der Waals surface area contributed by atoms with Gasteiger partial charge in [0.15, 0.2) is 0 Å². The standard InChI is InChI=1S/C26H30Br2/c1-25(2)9-10-26(3,4)22-14-24(28)20(12-21(22)25)19-11-17-15-5-7-16(8-6-15)18(17)13-23(19)27/h11-16H,5-10H2,1-4H3. The Hall–Kier alpha value is -0.600. The molecule has 2 bridgehead atoms. The number of hydrogen-bond donors (Lipinski definition) is 0. The van der Waals surface area contributed by atoms with E-state index in [-0.39, 0.29) is 10.8 Å². The van der Waals surface area contributed by atoms with Crippen molar-refractivity contribution in [3.05, 3.63) is 55.5 Å². The summed E-state index contributed by atoms with van der Waals surface area (Å²) in [5.74, 6) is 1.57. The van der Waals surface area contributed by atoms with E-state index in [0.717, 1.165) is 11.8 Å². The first kappa shape index (κ1) is 19.4. The topological polar surface area (TPSA) is 0 Å². The SMILES string of the molecule is CC1(C)CCC(C)(C)c2cc(-c3cc4c(cc3Br)C3CCC4CC3)c(Br)cc21. The van der Waals surface area contributed by atoms with Gasteiger partial charge in [-0.05, 0) is 119 Å². The van der Waals surface area contributed by atoms with Gasteiger partial charge >= 0.3 is 0 Å². The van der Waals surface area contributed by atoms with Crippen molar-refractivity contribution in [3.63, 3.8) is 0 Å². The molecule has 0 atom stereocenters. The van der Waals surface area contributed by atoms with E-state index in [1.54, 1.807) is 11.1 Å². The highest BCUT2D eigenvalue weighted by Gasteiger charge is 2.38. The van der Waals surface area contributed by atoms with Gasteiger partial charge in [-0.1, -0.05) is 59.6 Å². The predicted octanol–water partition coefficient (Wildman–Crippen LogP) is 8.98. The maximum Gasteiger partial charge on any atom is 0.0257 e. The summed E-state index contributed by atoms with van der Waals surface area (Å²) in [6.45, 7) is 9.64. The predicted molar refractivity (Wildman–Crippen MR) is 127 cm³/mol. The van der Waals surface area contributed by atoms with Crippen LogP contribution in [0.3, 0.4) is 0 Å². The van der Waals surface area contributed by atoms with Crippen molar-refractivity contribution in [3.8, 4) is 11.1 Å². The van der Waals surface area contributed by atoms with Crippen LogP contribution in [0.15, 0.2) is 33.2 Å². The van der Waals surface area contributed by atoms with E-state index in [1.165, 1.54) is 69.7 Å². The third-order valence-electron chi connectivity index (χ3n) is 8.01. The van der Waals surface area contributed by atoms with Crippen molar-refractivity contribution in [2.24, 2.45) is 0 Å². The van der Waals surface area contributed by atoms with Crippen LogP contribution in [0.25, 0.3) is 11.1 Å². The van der Waals surface area contributed by atoms with E-state index >= 15 is 0 Å². The molecule has 2 aromatic carbocycles. The van der Waals surface area contributed by atoms with Crippen LogP contribution in [-0.2, 0) is 10.8 Å². The third kappa shape index (κ3) is 2.88. The number of fused-ring (bicyclic) bond motifs is 3. The first-order valence-electron chi connectivity index (χ1n) is 10.9. The van der Waals surface area contributed by atoms with Crippen LogP contribution < -0.4 is 0 Å². The average molecular weight is 502 g/mol. The molecule has 0 nitrogen and oxygen atoms in total. The van der Waals surface area contributed by atoms with E-state index in [9.17, 15) is 0 Å². The quantitative estimate of drug-likeness (QED) is 0.365. The lowest BCUT2D eigenvalue weighted by Gasteiger charge is -2.42. The van der Waals surface area contributed by atoms with Crippen LogP contribution in [0, 0.1) is 0 Å². The van der Waals surface area contributed by atoms with Gasteiger partial charge in [0.2, 0.25) is 0 Å². The lowest BCUT2D eigenvalue weighted by atomic mass is 9.62. The molecule has 2 aromatic rings. The van der Waals surface area contributed by atoms with Gasteiger partial charge in [0.1, 0.15) is 0 Å². The lowest BCUT2D eigenvalue weighted by Crippen LogP contribution is -2.33. The minimum absolute atomic E-state index is 0.236. The average Bonchev–Trinajstić information content (AvgIpc) is 2.66. The second kappa shape index (κ2) is 6.45. The Kier molecular flexibility index (Phi) is 4.46. The van der Waals surface area contributed by atoms with Crippen LogP contribution in [0.4, 0.5) is 0 Å². The molecule has 0 N–H and O–H groups in total. The number of benzene rings is 2. The van der Waals surface area contributed by atoms with Gasteiger partial charge in [0.25, 0.3) is 0 Å². The Morgan fingerprint density at radius 2 is 1.07 bits per heavy atom. The molecular formula is C26H30Br2. The van der Waals surface area contributed by atoms with Crippen molar-refractivity contribution in [2.45, 2.75) is 88.9 Å². The van der Waals surface area contributed by atoms with Gasteiger partial charge in [0.05, 0.1) is 0 Å². The van der Waals surface area contributed by atoms with E-state index in [0.29, 0.717) is 0 Å². The van der Waals surface area contributed by atoms with Crippen molar-refractivity contribution in [2.75, 3.05) is 0 Å². The zero-order valence-corrected chi connectivity index (χ0v) is 20.6. The Bertz CT molecular complexity index is 959. The van der Waals surface area contributed by atoms with Gasteiger partial charge < -0.3 is 0 Å². The smallest absolute Gasteiger partial charge is 0.0257 e. The van der Waals surface area contributed by atoms with Gasteiger partial charge in [0, 0.05) is 8.95 Å². The molecule has 0 aromatic heterocycles. The number of rotatable bonds is 1. The number of halogens is 2. The molecule has 148 valence electrons. The summed E-state index contributed by atoms with van der Waals surface area (Å²) >= 11 is 7.90. The van der Waals surface area contributed by atoms with Crippen LogP contribution in [-0.4, -0.2) is 0 Å². The van der Waals surface area contributed by atoms with Crippen LogP contribution in [0.1, 0.15) is 100 Å². The van der Waals surface area contributed by atoms with E-state index in [2.05, 4.69) is 83.8 Å². The second-order valence-corrected chi connectivity index (χ2v) is 12.4. The Morgan fingerprint density at radius 1 is 0.643 bits per heavy atom. The molecule has 1 saturated carbocycles. The van der Waals surface area contributed by atoms with Gasteiger partial charge in [-0.25, -0.2) is 0 Å². The molecule has 0 radical (unpaired) electrons. The molecule has 0 unspecified atom stereocenters. The van der Waals surface area contributed by atoms with E-state index in [1.807, 2.05) is 0 Å². The minimum atomic E-state index is 0.236. The molecule has 0 spiro atoms. The largest absolute Gasteiger partial charge is 0.0558 e. The fraction of sp³-hybridized carbons (Fsp3) is 0.538. The summed E-state index contributed by atoms with van der Waals surface area (Å²) in [6.07, 6.45) is 8.04. The third-order valence-corrected chi connectivity index (χ3v) is 9.32. The molecule has 4 aliphatic rings. The van der Waals surface area contributed by atoms with Crippen LogP contribution in [0.5, 0.6) is 0 Å². The normalized spacial score (nSPS) is 26.6. The summed E-state index contributed by atoms with van der Waals surface area (Å²) in [4.78, 5) is 0. The van der Waals surface area contributed by atoms with Crippen molar-refractivity contribution < 1.29 is 0 Å². The second-order valence-electron chi connectivity index (χ2n) is 10.7. The maximum absolute atomic E-state index is 3.95. The summed E-state index contributed by atoms with van der Waals surface area (Å²) < 4.78 is 2.49. The fourth-order valence-electron chi connectivity index (χ4n) is 6.03. The lowest BCUT2D eigenvalue weighted by molar-refractivity contribution is 0.332. The highest BCUT2D eigenvalue weighted by atomic mass is 79.9. The molecule has 4 aliphatic carbocycles.